The lowest BCUT2D eigenvalue weighted by molar-refractivity contribution is -0.137. The van der Waals surface area contributed by atoms with Gasteiger partial charge in [-0.1, -0.05) is 18.0 Å². The fourth-order valence-electron chi connectivity index (χ4n) is 2.69. The Labute approximate surface area is 164 Å². The molecule has 27 heavy (non-hydrogen) atoms. The average molecular weight is 446 g/mol. The fourth-order valence-corrected chi connectivity index (χ4v) is 4.87. The number of sulfonamides is 1. The number of halogens is 4. The van der Waals surface area contributed by atoms with Gasteiger partial charge in [0.05, 0.1) is 16.8 Å². The molecule has 1 aliphatic heterocycles. The van der Waals surface area contributed by atoms with Crippen LogP contribution < -0.4 is 5.32 Å². The van der Waals surface area contributed by atoms with Crippen molar-refractivity contribution in [1.29, 1.82) is 0 Å². The largest absolute Gasteiger partial charge is 0.417 e. The van der Waals surface area contributed by atoms with Crippen LogP contribution in [0.4, 0.5) is 13.2 Å². The molecule has 0 radical (unpaired) electrons. The maximum atomic E-state index is 12.6. The number of piperidine rings is 1. The second-order valence-electron chi connectivity index (χ2n) is 6.03. The van der Waals surface area contributed by atoms with Crippen LogP contribution in [0.25, 0.3) is 0 Å². The summed E-state index contributed by atoms with van der Waals surface area (Å²) >= 11 is 6.93. The molecule has 1 aromatic heterocycles. The van der Waals surface area contributed by atoms with Crippen LogP contribution in [0.5, 0.6) is 0 Å². The summed E-state index contributed by atoms with van der Waals surface area (Å²) in [6.07, 6.45) is -0.794. The molecule has 1 aromatic rings. The van der Waals surface area contributed by atoms with Crippen molar-refractivity contribution in [3.63, 3.8) is 0 Å². The van der Waals surface area contributed by atoms with Gasteiger partial charge in [-0.3, -0.25) is 4.79 Å². The zero-order chi connectivity index (χ0) is 20.2. The Kier molecular flexibility index (Phi) is 7.40. The lowest BCUT2D eigenvalue weighted by atomic mass is 10.0. The Morgan fingerprint density at radius 3 is 2.74 bits per heavy atom. The average Bonchev–Trinajstić information content (AvgIpc) is 2.58. The molecule has 1 saturated heterocycles. The van der Waals surface area contributed by atoms with Gasteiger partial charge in [0.25, 0.3) is 0 Å². The minimum absolute atomic E-state index is 0.114. The fraction of sp³-hybridized carbons (Fsp3) is 0.600. The van der Waals surface area contributed by atoms with Crippen LogP contribution in [-0.2, 0) is 21.0 Å². The first kappa shape index (κ1) is 22.3. The van der Waals surface area contributed by atoms with E-state index >= 15 is 0 Å². The monoisotopic (exact) mass is 445 g/mol. The van der Waals surface area contributed by atoms with Crippen LogP contribution in [0.1, 0.15) is 24.8 Å². The van der Waals surface area contributed by atoms with Crippen molar-refractivity contribution in [2.24, 2.45) is 0 Å². The second kappa shape index (κ2) is 8.97. The molecular weight excluding hydrogens is 427 g/mol. The van der Waals surface area contributed by atoms with Crippen molar-refractivity contribution in [3.8, 4) is 0 Å². The van der Waals surface area contributed by atoms with E-state index in [0.717, 1.165) is 30.5 Å². The van der Waals surface area contributed by atoms with E-state index < -0.39 is 27.8 Å². The molecule has 0 saturated carbocycles. The third-order valence-corrected chi connectivity index (χ3v) is 6.65. The smallest absolute Gasteiger partial charge is 0.354 e. The number of carbonyl (C=O) groups is 1. The van der Waals surface area contributed by atoms with Gasteiger partial charge in [0.15, 0.2) is 0 Å². The van der Waals surface area contributed by atoms with Gasteiger partial charge in [-0.2, -0.15) is 17.5 Å². The summed E-state index contributed by atoms with van der Waals surface area (Å²) in [5.41, 5.74) is -0.927. The predicted octanol–water partition coefficient (Wildman–Crippen LogP) is 2.78. The Bertz CT molecular complexity index is 790. The number of aromatic nitrogens is 1. The number of nitrogens with one attached hydrogen (secondary N) is 1. The molecule has 0 unspecified atom stereocenters. The summed E-state index contributed by atoms with van der Waals surface area (Å²) in [4.78, 5) is 16.0. The van der Waals surface area contributed by atoms with E-state index in [4.69, 9.17) is 11.6 Å². The van der Waals surface area contributed by atoms with E-state index in [1.165, 1.54) is 4.31 Å². The van der Waals surface area contributed by atoms with Crippen LogP contribution in [0.3, 0.4) is 0 Å². The van der Waals surface area contributed by atoms with Crippen molar-refractivity contribution in [2.75, 3.05) is 25.1 Å². The molecular formula is C15H19ClF3N3O3S2. The van der Waals surface area contributed by atoms with Gasteiger partial charge in [0.1, 0.15) is 11.1 Å². The van der Waals surface area contributed by atoms with Gasteiger partial charge in [0.2, 0.25) is 15.9 Å². The number of pyridine rings is 1. The van der Waals surface area contributed by atoms with E-state index in [1.807, 2.05) is 0 Å². The standard InChI is InChI=1S/C15H19ClF3N3O3S2/c1-27(24,25)22-6-3-2-4-12(22)13(23)20-5-7-26-14-11(16)8-10(9-21-14)15(17,18)19/h8-9,12H,2-7H2,1H3,(H,20,23)/t12-/m1/s1. The SMILES string of the molecule is CS(=O)(=O)N1CCCC[C@@H]1C(=O)NCCSc1ncc(C(F)(F)F)cc1Cl. The lowest BCUT2D eigenvalue weighted by Crippen LogP contribution is -2.51. The van der Waals surface area contributed by atoms with Gasteiger partial charge in [0, 0.05) is 25.0 Å². The summed E-state index contributed by atoms with van der Waals surface area (Å²) in [5.74, 6) is -0.0534. The van der Waals surface area contributed by atoms with Crippen LogP contribution in [-0.4, -0.2) is 54.8 Å². The Hall–Kier alpha value is -1.04. The number of thioether (sulfide) groups is 1. The molecule has 0 bridgehead atoms. The van der Waals surface area contributed by atoms with Crippen LogP contribution in [0.15, 0.2) is 17.3 Å². The van der Waals surface area contributed by atoms with Crippen molar-refractivity contribution < 1.29 is 26.4 Å². The summed E-state index contributed by atoms with van der Waals surface area (Å²) < 4.78 is 62.5. The number of carbonyl (C=O) groups excluding carboxylic acids is 1. The number of hydrogen-bond acceptors (Lipinski definition) is 5. The molecule has 2 heterocycles. The Balaban J connectivity index is 1.87. The molecule has 12 heteroatoms. The normalized spacial score (nSPS) is 19.1. The highest BCUT2D eigenvalue weighted by Crippen LogP contribution is 2.33. The summed E-state index contributed by atoms with van der Waals surface area (Å²) in [5, 5.41) is 2.78. The third-order valence-electron chi connectivity index (χ3n) is 3.96. The molecule has 6 nitrogen and oxygen atoms in total. The highest BCUT2D eigenvalue weighted by Gasteiger charge is 2.34. The van der Waals surface area contributed by atoms with Crippen LogP contribution in [0, 0.1) is 0 Å². The van der Waals surface area contributed by atoms with Gasteiger partial charge >= 0.3 is 6.18 Å². The first-order valence-corrected chi connectivity index (χ1v) is 11.3. The van der Waals surface area contributed by atoms with Crippen LogP contribution in [0.2, 0.25) is 5.02 Å². The highest BCUT2D eigenvalue weighted by molar-refractivity contribution is 7.99. The van der Waals surface area contributed by atoms with Crippen LogP contribution >= 0.6 is 23.4 Å². The first-order chi connectivity index (χ1) is 12.5. The maximum Gasteiger partial charge on any atom is 0.417 e. The number of hydrogen-bond donors (Lipinski definition) is 1. The van der Waals surface area contributed by atoms with Gasteiger partial charge in [-0.05, 0) is 18.9 Å². The summed E-state index contributed by atoms with van der Waals surface area (Å²) in [6.45, 7) is 0.521. The minimum Gasteiger partial charge on any atom is -0.354 e. The van der Waals surface area contributed by atoms with Crippen molar-refractivity contribution in [2.45, 2.75) is 36.5 Å². The van der Waals surface area contributed by atoms with Gasteiger partial charge in [-0.15, -0.1) is 11.8 Å². The molecule has 1 fully saturated rings. The molecule has 152 valence electrons. The van der Waals surface area contributed by atoms with E-state index in [2.05, 4.69) is 10.3 Å². The Morgan fingerprint density at radius 1 is 1.44 bits per heavy atom. The van der Waals surface area contributed by atoms with E-state index in [1.54, 1.807) is 0 Å². The van der Waals surface area contributed by atoms with E-state index in [0.29, 0.717) is 31.3 Å². The highest BCUT2D eigenvalue weighted by atomic mass is 35.5. The van der Waals surface area contributed by atoms with Crippen molar-refractivity contribution >= 4 is 39.3 Å². The number of alkyl halides is 3. The zero-order valence-corrected chi connectivity index (χ0v) is 16.8. The number of nitrogens with zero attached hydrogens (tertiary/aromatic N) is 2. The van der Waals surface area contributed by atoms with Gasteiger partial charge in [-0.25, -0.2) is 13.4 Å². The van der Waals surface area contributed by atoms with Gasteiger partial charge < -0.3 is 5.32 Å². The maximum absolute atomic E-state index is 12.6. The van der Waals surface area contributed by atoms with Crippen molar-refractivity contribution in [3.05, 3.63) is 22.8 Å². The quantitative estimate of drug-likeness (QED) is 0.538. The third kappa shape index (κ3) is 6.23. The Morgan fingerprint density at radius 2 is 2.15 bits per heavy atom. The molecule has 2 rings (SSSR count). The molecule has 1 N–H and O–H groups in total. The molecule has 1 amide bonds. The minimum atomic E-state index is -4.51. The van der Waals surface area contributed by atoms with E-state index in [9.17, 15) is 26.4 Å². The summed E-state index contributed by atoms with van der Waals surface area (Å²) in [6, 6.07) is 0.0770. The zero-order valence-electron chi connectivity index (χ0n) is 14.4. The number of amides is 1. The molecule has 0 aromatic carbocycles. The number of rotatable bonds is 6. The lowest BCUT2D eigenvalue weighted by Gasteiger charge is -2.32. The topological polar surface area (TPSA) is 79.4 Å². The predicted molar refractivity (Wildman–Crippen MR) is 97.2 cm³/mol. The van der Waals surface area contributed by atoms with Crippen molar-refractivity contribution in [1.82, 2.24) is 14.6 Å². The molecule has 1 aliphatic rings. The molecule has 1 atom stereocenters. The molecule has 0 aliphatic carbocycles. The summed E-state index contributed by atoms with van der Waals surface area (Å²) in [7, 11) is -3.47. The molecule has 0 spiro atoms. The first-order valence-electron chi connectivity index (χ1n) is 8.10. The van der Waals surface area contributed by atoms with E-state index in [-0.39, 0.29) is 22.5 Å². The second-order valence-corrected chi connectivity index (χ2v) is 9.46.